The van der Waals surface area contributed by atoms with E-state index < -0.39 is 0 Å². The third-order valence-corrected chi connectivity index (χ3v) is 4.66. The van der Waals surface area contributed by atoms with E-state index in [1.807, 2.05) is 23.6 Å². The van der Waals surface area contributed by atoms with Gasteiger partial charge in [-0.15, -0.1) is 0 Å². The van der Waals surface area contributed by atoms with Crippen LogP contribution in [0.2, 0.25) is 0 Å². The molecule has 2 aromatic carbocycles. The fourth-order valence-corrected chi connectivity index (χ4v) is 3.36. The van der Waals surface area contributed by atoms with Crippen molar-refractivity contribution in [2.75, 3.05) is 0 Å². The van der Waals surface area contributed by atoms with E-state index >= 15 is 0 Å². The SMILES string of the molecule is Cc1ccc(SC(=S)S/C=C/c2ccccc2)cc1. The van der Waals surface area contributed by atoms with Crippen LogP contribution >= 0.6 is 35.7 Å². The first-order valence-electron chi connectivity index (χ1n) is 5.91. The van der Waals surface area contributed by atoms with Crippen LogP contribution in [0, 0.1) is 6.92 Å². The highest BCUT2D eigenvalue weighted by Crippen LogP contribution is 2.27. The fraction of sp³-hybridized carbons (Fsp3) is 0.0625. The zero-order valence-electron chi connectivity index (χ0n) is 10.6. The Morgan fingerprint density at radius 1 is 1.00 bits per heavy atom. The molecule has 2 aromatic rings. The maximum absolute atomic E-state index is 5.36. The molecule has 0 aromatic heterocycles. The lowest BCUT2D eigenvalue weighted by molar-refractivity contribution is 1.38. The Labute approximate surface area is 128 Å². The van der Waals surface area contributed by atoms with Crippen molar-refractivity contribution < 1.29 is 0 Å². The van der Waals surface area contributed by atoms with Gasteiger partial charge in [0.15, 0.2) is 0 Å². The largest absolute Gasteiger partial charge is 0.113 e. The molecule has 0 heterocycles. The van der Waals surface area contributed by atoms with Crippen LogP contribution in [0.4, 0.5) is 0 Å². The second kappa shape index (κ2) is 7.53. The van der Waals surface area contributed by atoms with Gasteiger partial charge in [0, 0.05) is 4.90 Å². The molecule has 0 radical (unpaired) electrons. The number of thiocarbonyl (C=S) groups is 1. The second-order valence-electron chi connectivity index (χ2n) is 4.00. The van der Waals surface area contributed by atoms with Crippen LogP contribution in [0.25, 0.3) is 6.08 Å². The van der Waals surface area contributed by atoms with Crippen LogP contribution in [0.1, 0.15) is 11.1 Å². The van der Waals surface area contributed by atoms with Crippen molar-refractivity contribution >= 4 is 45.3 Å². The highest BCUT2D eigenvalue weighted by molar-refractivity contribution is 8.48. The molecule has 0 N–H and O–H groups in total. The molecule has 0 amide bonds. The summed E-state index contributed by atoms with van der Waals surface area (Å²) in [7, 11) is 0. The summed E-state index contributed by atoms with van der Waals surface area (Å²) in [5, 5.41) is 2.04. The summed E-state index contributed by atoms with van der Waals surface area (Å²) in [6, 6.07) is 18.7. The van der Waals surface area contributed by atoms with Crippen LogP contribution < -0.4 is 0 Å². The maximum Gasteiger partial charge on any atom is 0.113 e. The van der Waals surface area contributed by atoms with E-state index in [1.54, 1.807) is 23.5 Å². The number of hydrogen-bond donors (Lipinski definition) is 0. The Morgan fingerprint density at radius 3 is 2.37 bits per heavy atom. The molecule has 2 rings (SSSR count). The molecular weight excluding hydrogens is 288 g/mol. The topological polar surface area (TPSA) is 0 Å². The normalized spacial score (nSPS) is 10.8. The standard InChI is InChI=1S/C16H14S3/c1-13-7-9-15(10-8-13)19-16(17)18-12-11-14-5-3-2-4-6-14/h2-12H,1H3/b12-11+. The Bertz CT molecular complexity index is 556. The maximum atomic E-state index is 5.36. The van der Waals surface area contributed by atoms with E-state index in [2.05, 4.69) is 49.4 Å². The molecule has 0 aliphatic heterocycles. The van der Waals surface area contributed by atoms with Crippen molar-refractivity contribution in [3.05, 3.63) is 71.1 Å². The zero-order chi connectivity index (χ0) is 13.5. The van der Waals surface area contributed by atoms with Crippen LogP contribution in [-0.2, 0) is 0 Å². The summed E-state index contributed by atoms with van der Waals surface area (Å²) in [5.74, 6) is 0. The van der Waals surface area contributed by atoms with Crippen molar-refractivity contribution in [2.24, 2.45) is 0 Å². The highest BCUT2D eigenvalue weighted by Gasteiger charge is 1.99. The average Bonchev–Trinajstić information content (AvgIpc) is 2.43. The molecule has 0 saturated heterocycles. The van der Waals surface area contributed by atoms with Gasteiger partial charge < -0.3 is 0 Å². The average molecular weight is 302 g/mol. The van der Waals surface area contributed by atoms with Crippen molar-refractivity contribution in [3.8, 4) is 0 Å². The van der Waals surface area contributed by atoms with E-state index in [0.29, 0.717) is 0 Å². The molecule has 0 fully saturated rings. The van der Waals surface area contributed by atoms with E-state index in [9.17, 15) is 0 Å². The van der Waals surface area contributed by atoms with Crippen molar-refractivity contribution in [3.63, 3.8) is 0 Å². The molecule has 0 atom stereocenters. The van der Waals surface area contributed by atoms with Crippen molar-refractivity contribution in [1.82, 2.24) is 0 Å². The van der Waals surface area contributed by atoms with Crippen LogP contribution in [-0.4, -0.2) is 3.53 Å². The van der Waals surface area contributed by atoms with E-state index in [1.165, 1.54) is 16.0 Å². The van der Waals surface area contributed by atoms with Crippen LogP contribution in [0.3, 0.4) is 0 Å². The molecule has 0 nitrogen and oxygen atoms in total. The van der Waals surface area contributed by atoms with E-state index in [4.69, 9.17) is 12.2 Å². The van der Waals surface area contributed by atoms with Gasteiger partial charge in [0.05, 0.1) is 0 Å². The minimum Gasteiger partial charge on any atom is -0.0791 e. The van der Waals surface area contributed by atoms with Gasteiger partial charge in [-0.2, -0.15) is 0 Å². The Hall–Kier alpha value is -1.03. The molecule has 96 valence electrons. The van der Waals surface area contributed by atoms with Crippen molar-refractivity contribution in [1.29, 1.82) is 0 Å². The fourth-order valence-electron chi connectivity index (χ4n) is 1.46. The number of thioether (sulfide) groups is 2. The van der Waals surface area contributed by atoms with Gasteiger partial charge in [0.25, 0.3) is 0 Å². The van der Waals surface area contributed by atoms with Crippen LogP contribution in [0.5, 0.6) is 0 Å². The molecule has 0 spiro atoms. The lowest BCUT2D eigenvalue weighted by atomic mass is 10.2. The molecule has 0 bridgehead atoms. The quantitative estimate of drug-likeness (QED) is 0.521. The first kappa shape index (κ1) is 14.4. The number of hydrogen-bond acceptors (Lipinski definition) is 3. The van der Waals surface area contributed by atoms with Gasteiger partial charge >= 0.3 is 0 Å². The van der Waals surface area contributed by atoms with Gasteiger partial charge in [-0.3, -0.25) is 0 Å². The Morgan fingerprint density at radius 2 is 1.68 bits per heavy atom. The lowest BCUT2D eigenvalue weighted by Crippen LogP contribution is -1.79. The summed E-state index contributed by atoms with van der Waals surface area (Å²) in [5.41, 5.74) is 2.46. The minimum absolute atomic E-state index is 0.913. The first-order chi connectivity index (χ1) is 9.24. The second-order valence-corrected chi connectivity index (χ2v) is 7.18. The molecule has 19 heavy (non-hydrogen) atoms. The summed E-state index contributed by atoms with van der Waals surface area (Å²) < 4.78 is 0.913. The molecule has 0 aliphatic rings. The monoisotopic (exact) mass is 302 g/mol. The number of aryl methyl sites for hydroxylation is 1. The van der Waals surface area contributed by atoms with Gasteiger partial charge in [0.2, 0.25) is 0 Å². The van der Waals surface area contributed by atoms with Crippen molar-refractivity contribution in [2.45, 2.75) is 11.8 Å². The molecule has 0 aliphatic carbocycles. The van der Waals surface area contributed by atoms with E-state index in [-0.39, 0.29) is 0 Å². The smallest absolute Gasteiger partial charge is 0.0791 e. The highest BCUT2D eigenvalue weighted by atomic mass is 32.2. The molecule has 0 unspecified atom stereocenters. The van der Waals surface area contributed by atoms with Crippen LogP contribution in [0.15, 0.2) is 64.9 Å². The summed E-state index contributed by atoms with van der Waals surface area (Å²) in [4.78, 5) is 1.19. The summed E-state index contributed by atoms with van der Waals surface area (Å²) >= 11 is 8.57. The Balaban J connectivity index is 1.85. The summed E-state index contributed by atoms with van der Waals surface area (Å²) in [6.45, 7) is 2.09. The predicted molar refractivity (Wildman–Crippen MR) is 92.7 cm³/mol. The lowest BCUT2D eigenvalue weighted by Gasteiger charge is -2.01. The third-order valence-electron chi connectivity index (χ3n) is 2.45. The number of benzene rings is 2. The third kappa shape index (κ3) is 5.23. The Kier molecular flexibility index (Phi) is 5.70. The molecular formula is C16H14S3. The minimum atomic E-state index is 0.913. The number of rotatable bonds is 3. The first-order valence-corrected chi connectivity index (χ1v) is 8.01. The molecule has 0 saturated carbocycles. The van der Waals surface area contributed by atoms with Gasteiger partial charge in [-0.25, -0.2) is 0 Å². The van der Waals surface area contributed by atoms with Gasteiger partial charge in [-0.1, -0.05) is 83.8 Å². The van der Waals surface area contributed by atoms with Gasteiger partial charge in [0.1, 0.15) is 3.53 Å². The zero-order valence-corrected chi connectivity index (χ0v) is 13.0. The summed E-state index contributed by atoms with van der Waals surface area (Å²) in [6.07, 6.45) is 2.08. The van der Waals surface area contributed by atoms with Gasteiger partial charge in [-0.05, 0) is 36.1 Å². The van der Waals surface area contributed by atoms with E-state index in [0.717, 1.165) is 3.53 Å². The predicted octanol–water partition coefficient (Wildman–Crippen LogP) is 5.78. The molecule has 3 heteroatoms.